The molecule has 0 saturated carbocycles. The van der Waals surface area contributed by atoms with Crippen LogP contribution in [0.1, 0.15) is 24.1 Å². The van der Waals surface area contributed by atoms with E-state index in [2.05, 4.69) is 22.2 Å². The van der Waals surface area contributed by atoms with Gasteiger partial charge in [0.25, 0.3) is 0 Å². The van der Waals surface area contributed by atoms with Crippen LogP contribution < -0.4 is 5.32 Å². The molecule has 18 heavy (non-hydrogen) atoms. The van der Waals surface area contributed by atoms with Crippen LogP contribution in [-0.4, -0.2) is 36.1 Å². The second-order valence-corrected chi connectivity index (χ2v) is 5.70. The molecular weight excluding hydrogens is 269 g/mol. The number of halogens is 2. The SMILES string of the molecule is Cc1cc(Cl)c(CN(C)C2CCCNC2)c(Cl)n1. The number of nitrogens with zero attached hydrogens (tertiary/aromatic N) is 2. The topological polar surface area (TPSA) is 28.2 Å². The van der Waals surface area contributed by atoms with Crippen molar-refractivity contribution in [3.05, 3.63) is 27.5 Å². The lowest BCUT2D eigenvalue weighted by molar-refractivity contribution is 0.196. The van der Waals surface area contributed by atoms with E-state index in [4.69, 9.17) is 23.2 Å². The third-order valence-electron chi connectivity index (χ3n) is 3.45. The smallest absolute Gasteiger partial charge is 0.135 e. The molecule has 0 spiro atoms. The summed E-state index contributed by atoms with van der Waals surface area (Å²) in [4.78, 5) is 6.57. The van der Waals surface area contributed by atoms with E-state index in [-0.39, 0.29) is 0 Å². The quantitative estimate of drug-likeness (QED) is 0.867. The van der Waals surface area contributed by atoms with Gasteiger partial charge >= 0.3 is 0 Å². The molecule has 3 nitrogen and oxygen atoms in total. The summed E-state index contributed by atoms with van der Waals surface area (Å²) in [5.74, 6) is 0. The van der Waals surface area contributed by atoms with Crippen molar-refractivity contribution in [1.29, 1.82) is 0 Å². The minimum absolute atomic E-state index is 0.524. The van der Waals surface area contributed by atoms with E-state index in [0.717, 1.165) is 30.9 Å². The van der Waals surface area contributed by atoms with Crippen molar-refractivity contribution in [1.82, 2.24) is 15.2 Å². The van der Waals surface area contributed by atoms with E-state index in [1.165, 1.54) is 12.8 Å². The van der Waals surface area contributed by atoms with E-state index in [1.54, 1.807) is 0 Å². The summed E-state index contributed by atoms with van der Waals surface area (Å²) in [5, 5.41) is 4.65. The predicted octanol–water partition coefficient (Wildman–Crippen LogP) is 2.88. The molecule has 0 aliphatic carbocycles. The number of rotatable bonds is 3. The lowest BCUT2D eigenvalue weighted by Gasteiger charge is -2.32. The maximum Gasteiger partial charge on any atom is 0.135 e. The number of nitrogens with one attached hydrogen (secondary N) is 1. The zero-order valence-electron chi connectivity index (χ0n) is 10.8. The molecule has 1 N–H and O–H groups in total. The highest BCUT2D eigenvalue weighted by atomic mass is 35.5. The van der Waals surface area contributed by atoms with Crippen molar-refractivity contribution in [2.24, 2.45) is 0 Å². The Bertz CT molecular complexity index is 394. The first-order valence-corrected chi connectivity index (χ1v) is 7.06. The van der Waals surface area contributed by atoms with Crippen LogP contribution in [0.3, 0.4) is 0 Å². The van der Waals surface area contributed by atoms with E-state index < -0.39 is 0 Å². The standard InChI is InChI=1S/C13H19Cl2N3/c1-9-6-12(14)11(13(15)17-9)8-18(2)10-4-3-5-16-7-10/h6,10,16H,3-5,7-8H2,1-2H3. The van der Waals surface area contributed by atoms with Gasteiger partial charge in [0.15, 0.2) is 0 Å². The highest BCUT2D eigenvalue weighted by Gasteiger charge is 2.20. The zero-order chi connectivity index (χ0) is 13.1. The fraction of sp³-hybridized carbons (Fsp3) is 0.615. The molecule has 0 aromatic carbocycles. The van der Waals surface area contributed by atoms with Gasteiger partial charge in [-0.05, 0) is 39.4 Å². The summed E-state index contributed by atoms with van der Waals surface area (Å²) in [6, 6.07) is 2.42. The first-order valence-electron chi connectivity index (χ1n) is 6.30. The summed E-state index contributed by atoms with van der Waals surface area (Å²) in [6.07, 6.45) is 2.45. The van der Waals surface area contributed by atoms with Crippen molar-refractivity contribution in [3.63, 3.8) is 0 Å². The summed E-state index contributed by atoms with van der Waals surface area (Å²) < 4.78 is 0. The number of pyridine rings is 1. The fourth-order valence-corrected chi connectivity index (χ4v) is 3.00. The molecular formula is C13H19Cl2N3. The van der Waals surface area contributed by atoms with Gasteiger partial charge in [0.1, 0.15) is 5.15 Å². The molecule has 1 atom stereocenters. The minimum Gasteiger partial charge on any atom is -0.315 e. The summed E-state index contributed by atoms with van der Waals surface area (Å²) in [7, 11) is 2.12. The maximum atomic E-state index is 6.25. The number of aromatic nitrogens is 1. The van der Waals surface area contributed by atoms with Crippen molar-refractivity contribution >= 4 is 23.2 Å². The molecule has 1 aromatic heterocycles. The highest BCUT2D eigenvalue weighted by molar-refractivity contribution is 6.35. The molecule has 1 aliphatic heterocycles. The van der Waals surface area contributed by atoms with Crippen LogP contribution in [0.2, 0.25) is 10.2 Å². The molecule has 5 heteroatoms. The Balaban J connectivity index is 2.08. The Morgan fingerprint density at radius 1 is 1.50 bits per heavy atom. The molecule has 0 amide bonds. The third-order valence-corrected chi connectivity index (χ3v) is 4.10. The minimum atomic E-state index is 0.524. The second kappa shape index (κ2) is 6.20. The molecule has 1 aliphatic rings. The first-order chi connectivity index (χ1) is 8.58. The number of aryl methyl sites for hydroxylation is 1. The van der Waals surface area contributed by atoms with Crippen molar-refractivity contribution in [2.45, 2.75) is 32.4 Å². The van der Waals surface area contributed by atoms with Crippen molar-refractivity contribution in [2.75, 3.05) is 20.1 Å². The number of hydrogen-bond donors (Lipinski definition) is 1. The van der Waals surface area contributed by atoms with Crippen LogP contribution in [0, 0.1) is 6.92 Å². The fourth-order valence-electron chi connectivity index (χ4n) is 2.35. The molecule has 0 bridgehead atoms. The highest BCUT2D eigenvalue weighted by Crippen LogP contribution is 2.26. The lowest BCUT2D eigenvalue weighted by Crippen LogP contribution is -2.43. The second-order valence-electron chi connectivity index (χ2n) is 4.93. The molecule has 2 heterocycles. The normalized spacial score (nSPS) is 20.4. The van der Waals surface area contributed by atoms with Gasteiger partial charge in [0.2, 0.25) is 0 Å². The van der Waals surface area contributed by atoms with Gasteiger partial charge in [-0.15, -0.1) is 0 Å². The van der Waals surface area contributed by atoms with Crippen LogP contribution >= 0.6 is 23.2 Å². The lowest BCUT2D eigenvalue weighted by atomic mass is 10.1. The molecule has 1 fully saturated rings. The van der Waals surface area contributed by atoms with E-state index >= 15 is 0 Å². The van der Waals surface area contributed by atoms with E-state index in [9.17, 15) is 0 Å². The molecule has 1 saturated heterocycles. The van der Waals surface area contributed by atoms with Crippen LogP contribution in [0.25, 0.3) is 0 Å². The largest absolute Gasteiger partial charge is 0.315 e. The predicted molar refractivity (Wildman–Crippen MR) is 76.4 cm³/mol. The molecule has 100 valence electrons. The monoisotopic (exact) mass is 287 g/mol. The average molecular weight is 288 g/mol. The van der Waals surface area contributed by atoms with Gasteiger partial charge in [0, 0.05) is 35.4 Å². The van der Waals surface area contributed by atoms with Crippen LogP contribution in [0.5, 0.6) is 0 Å². The van der Waals surface area contributed by atoms with Crippen LogP contribution in [0.4, 0.5) is 0 Å². The zero-order valence-corrected chi connectivity index (χ0v) is 12.4. The number of likely N-dealkylation sites (N-methyl/N-ethyl adjacent to an activating group) is 1. The first kappa shape index (κ1) is 14.1. The van der Waals surface area contributed by atoms with Crippen LogP contribution in [0.15, 0.2) is 6.07 Å². The van der Waals surface area contributed by atoms with Gasteiger partial charge in [-0.25, -0.2) is 4.98 Å². The van der Waals surface area contributed by atoms with Gasteiger partial charge < -0.3 is 5.32 Å². The summed E-state index contributed by atoms with van der Waals surface area (Å²) in [5.41, 5.74) is 1.78. The van der Waals surface area contributed by atoms with Gasteiger partial charge in [0.05, 0.1) is 0 Å². The Morgan fingerprint density at radius 3 is 2.89 bits per heavy atom. The van der Waals surface area contributed by atoms with Gasteiger partial charge in [-0.2, -0.15) is 0 Å². The molecule has 2 rings (SSSR count). The molecule has 1 aromatic rings. The van der Waals surface area contributed by atoms with Gasteiger partial charge in [-0.1, -0.05) is 23.2 Å². The maximum absolute atomic E-state index is 6.25. The molecule has 0 radical (unpaired) electrons. The summed E-state index contributed by atoms with van der Waals surface area (Å²) in [6.45, 7) is 4.80. The Kier molecular flexibility index (Phi) is 4.84. The molecule has 1 unspecified atom stereocenters. The number of piperidine rings is 1. The van der Waals surface area contributed by atoms with Gasteiger partial charge in [-0.3, -0.25) is 4.90 Å². The Hall–Kier alpha value is -0.350. The third kappa shape index (κ3) is 3.35. The van der Waals surface area contributed by atoms with E-state index in [0.29, 0.717) is 16.2 Å². The Morgan fingerprint density at radius 2 is 2.28 bits per heavy atom. The summed E-state index contributed by atoms with van der Waals surface area (Å²) >= 11 is 12.4. The van der Waals surface area contributed by atoms with Crippen molar-refractivity contribution < 1.29 is 0 Å². The van der Waals surface area contributed by atoms with E-state index in [1.807, 2.05) is 13.0 Å². The number of hydrogen-bond acceptors (Lipinski definition) is 3. The Labute approximate surface area is 118 Å². The van der Waals surface area contributed by atoms with Crippen LogP contribution in [-0.2, 0) is 6.54 Å². The average Bonchev–Trinajstić information content (AvgIpc) is 2.34. The van der Waals surface area contributed by atoms with Crippen molar-refractivity contribution in [3.8, 4) is 0 Å².